The lowest BCUT2D eigenvalue weighted by molar-refractivity contribution is -0.384. The smallest absolute Gasteiger partial charge is 0.319 e. The van der Waals surface area contributed by atoms with Gasteiger partial charge in [-0.05, 0) is 43.0 Å². The van der Waals surface area contributed by atoms with E-state index in [1.54, 1.807) is 19.1 Å². The van der Waals surface area contributed by atoms with Crippen molar-refractivity contribution in [2.24, 2.45) is 0 Å². The summed E-state index contributed by atoms with van der Waals surface area (Å²) >= 11 is 1.21. The topological polar surface area (TPSA) is 98.5 Å². The van der Waals surface area contributed by atoms with Crippen LogP contribution in [-0.4, -0.2) is 28.7 Å². The van der Waals surface area contributed by atoms with Gasteiger partial charge in [0.05, 0.1) is 4.92 Å². The molecule has 154 valence electrons. The Hall–Kier alpha value is -2.87. The summed E-state index contributed by atoms with van der Waals surface area (Å²) < 4.78 is 5.13. The normalized spacial score (nSPS) is 11.8. The van der Waals surface area contributed by atoms with Gasteiger partial charge in [-0.1, -0.05) is 32.0 Å². The highest BCUT2D eigenvalue weighted by Gasteiger charge is 2.19. The fourth-order valence-electron chi connectivity index (χ4n) is 2.67. The summed E-state index contributed by atoms with van der Waals surface area (Å²) in [5.41, 5.74) is 2.69. The van der Waals surface area contributed by atoms with Gasteiger partial charge in [0.15, 0.2) is 6.61 Å². The van der Waals surface area contributed by atoms with E-state index in [9.17, 15) is 19.7 Å². The first-order valence-corrected chi connectivity index (χ1v) is 10.0. The number of para-hydroxylation sites is 1. The molecular formula is C21H24N2O5S. The number of ether oxygens (including phenoxy) is 1. The second kappa shape index (κ2) is 10.1. The van der Waals surface area contributed by atoms with Crippen LogP contribution >= 0.6 is 11.8 Å². The molecule has 0 aliphatic rings. The van der Waals surface area contributed by atoms with Gasteiger partial charge in [-0.25, -0.2) is 0 Å². The molecule has 8 heteroatoms. The van der Waals surface area contributed by atoms with Gasteiger partial charge in [-0.3, -0.25) is 19.7 Å². The lowest BCUT2D eigenvalue weighted by Gasteiger charge is -2.17. The molecule has 1 atom stereocenters. The number of nitrogens with zero attached hydrogens (tertiary/aromatic N) is 1. The Kier molecular flexibility index (Phi) is 7.78. The van der Waals surface area contributed by atoms with Crippen molar-refractivity contribution < 1.29 is 19.2 Å². The largest absolute Gasteiger partial charge is 0.455 e. The number of thioether (sulfide) groups is 1. The van der Waals surface area contributed by atoms with Gasteiger partial charge in [0.25, 0.3) is 11.6 Å². The van der Waals surface area contributed by atoms with Gasteiger partial charge in [0.2, 0.25) is 0 Å². The van der Waals surface area contributed by atoms with E-state index in [1.165, 1.54) is 23.9 Å². The molecular weight excluding hydrogens is 392 g/mol. The molecule has 2 aromatic rings. The first-order chi connectivity index (χ1) is 13.7. The highest BCUT2D eigenvalue weighted by molar-refractivity contribution is 8.00. The third kappa shape index (κ3) is 6.32. The summed E-state index contributed by atoms with van der Waals surface area (Å²) in [6.07, 6.45) is 0. The summed E-state index contributed by atoms with van der Waals surface area (Å²) in [7, 11) is 0. The van der Waals surface area contributed by atoms with Crippen LogP contribution in [0.25, 0.3) is 0 Å². The van der Waals surface area contributed by atoms with Crippen LogP contribution in [0.2, 0.25) is 0 Å². The van der Waals surface area contributed by atoms with Crippen molar-refractivity contribution >= 4 is 35.0 Å². The van der Waals surface area contributed by atoms with Gasteiger partial charge in [-0.15, -0.1) is 11.8 Å². The Morgan fingerprint density at radius 1 is 1.14 bits per heavy atom. The fourth-order valence-corrected chi connectivity index (χ4v) is 3.54. The van der Waals surface area contributed by atoms with E-state index in [4.69, 9.17) is 4.74 Å². The molecule has 2 aromatic carbocycles. The quantitative estimate of drug-likeness (QED) is 0.290. The Bertz CT molecular complexity index is 896. The monoisotopic (exact) mass is 416 g/mol. The Morgan fingerprint density at radius 3 is 2.38 bits per heavy atom. The average Bonchev–Trinajstić information content (AvgIpc) is 2.67. The van der Waals surface area contributed by atoms with E-state index in [-0.39, 0.29) is 18.2 Å². The molecule has 7 nitrogen and oxygen atoms in total. The summed E-state index contributed by atoms with van der Waals surface area (Å²) in [6, 6.07) is 11.7. The zero-order valence-corrected chi connectivity index (χ0v) is 17.6. The Balaban J connectivity index is 1.90. The molecule has 0 bridgehead atoms. The number of hydrogen-bond acceptors (Lipinski definition) is 6. The summed E-state index contributed by atoms with van der Waals surface area (Å²) in [5, 5.41) is 13.0. The van der Waals surface area contributed by atoms with E-state index >= 15 is 0 Å². The molecule has 0 aromatic heterocycles. The van der Waals surface area contributed by atoms with E-state index < -0.39 is 22.0 Å². The Labute approximate surface area is 174 Å². The van der Waals surface area contributed by atoms with Crippen LogP contribution in [-0.2, 0) is 14.3 Å². The van der Waals surface area contributed by atoms with Gasteiger partial charge in [-0.2, -0.15) is 0 Å². The molecule has 0 saturated heterocycles. The molecule has 0 aliphatic heterocycles. The number of benzene rings is 2. The average molecular weight is 416 g/mol. The van der Waals surface area contributed by atoms with E-state index in [2.05, 4.69) is 5.32 Å². The number of anilines is 1. The van der Waals surface area contributed by atoms with Crippen molar-refractivity contribution in [1.82, 2.24) is 0 Å². The van der Waals surface area contributed by atoms with Crippen molar-refractivity contribution in [3.8, 4) is 0 Å². The number of aryl methyl sites for hydroxylation is 1. The minimum atomic E-state index is -0.561. The second-order valence-corrected chi connectivity index (χ2v) is 8.28. The first kappa shape index (κ1) is 22.4. The zero-order chi connectivity index (χ0) is 21.6. The van der Waals surface area contributed by atoms with Crippen LogP contribution < -0.4 is 5.32 Å². The van der Waals surface area contributed by atoms with Crippen molar-refractivity contribution in [2.75, 3.05) is 11.9 Å². The van der Waals surface area contributed by atoms with E-state index in [1.807, 2.05) is 39.0 Å². The molecule has 1 N–H and O–H groups in total. The van der Waals surface area contributed by atoms with Crippen LogP contribution in [0.5, 0.6) is 0 Å². The second-order valence-electron chi connectivity index (χ2n) is 6.86. The van der Waals surface area contributed by atoms with Crippen LogP contribution in [0, 0.1) is 17.0 Å². The maximum atomic E-state index is 12.3. The van der Waals surface area contributed by atoms with Crippen LogP contribution in [0.3, 0.4) is 0 Å². The number of nitro benzene ring substituents is 1. The lowest BCUT2D eigenvalue weighted by atomic mass is 9.98. The number of amides is 1. The zero-order valence-electron chi connectivity index (χ0n) is 16.8. The molecule has 0 aliphatic carbocycles. The SMILES string of the molecule is Cc1cccc(C(C)C)c1NC(=O)COC(=O)[C@H](C)Sc1ccc([N+](=O)[O-])cc1. The number of carbonyl (C=O) groups is 2. The van der Waals surface area contributed by atoms with Crippen molar-refractivity contribution in [3.63, 3.8) is 0 Å². The minimum absolute atomic E-state index is 0.0155. The van der Waals surface area contributed by atoms with Gasteiger partial charge in [0, 0.05) is 22.7 Å². The number of rotatable bonds is 8. The number of carbonyl (C=O) groups excluding carboxylic acids is 2. The molecule has 0 fully saturated rings. The third-order valence-electron chi connectivity index (χ3n) is 4.23. The van der Waals surface area contributed by atoms with Crippen LogP contribution in [0.1, 0.15) is 37.8 Å². The molecule has 0 radical (unpaired) electrons. The van der Waals surface area contributed by atoms with Crippen molar-refractivity contribution in [3.05, 3.63) is 63.7 Å². The maximum Gasteiger partial charge on any atom is 0.319 e. The molecule has 0 spiro atoms. The van der Waals surface area contributed by atoms with Gasteiger partial charge >= 0.3 is 5.97 Å². The molecule has 0 heterocycles. The molecule has 0 saturated carbocycles. The van der Waals surface area contributed by atoms with Crippen molar-refractivity contribution in [1.29, 1.82) is 0 Å². The van der Waals surface area contributed by atoms with Gasteiger partial charge < -0.3 is 10.1 Å². The number of hydrogen-bond donors (Lipinski definition) is 1. The number of non-ortho nitro benzene ring substituents is 1. The Morgan fingerprint density at radius 2 is 1.79 bits per heavy atom. The highest BCUT2D eigenvalue weighted by Crippen LogP contribution is 2.28. The predicted molar refractivity (Wildman–Crippen MR) is 113 cm³/mol. The van der Waals surface area contributed by atoms with Crippen molar-refractivity contribution in [2.45, 2.75) is 43.8 Å². The molecule has 29 heavy (non-hydrogen) atoms. The van der Waals surface area contributed by atoms with E-state index in [0.717, 1.165) is 16.8 Å². The molecule has 2 rings (SSSR count). The standard InChI is InChI=1S/C21H24N2O5S/c1-13(2)18-7-5-6-14(3)20(18)22-19(24)12-28-21(25)15(4)29-17-10-8-16(9-11-17)23(26)27/h5-11,13,15H,12H2,1-4H3,(H,22,24)/t15-/m0/s1. The summed E-state index contributed by atoms with van der Waals surface area (Å²) in [6.45, 7) is 7.28. The molecule has 1 amide bonds. The first-order valence-electron chi connectivity index (χ1n) is 9.16. The van der Waals surface area contributed by atoms with Gasteiger partial charge in [0.1, 0.15) is 5.25 Å². The maximum absolute atomic E-state index is 12.3. The summed E-state index contributed by atoms with van der Waals surface area (Å²) in [4.78, 5) is 35.4. The number of nitro groups is 1. The lowest BCUT2D eigenvalue weighted by Crippen LogP contribution is -2.25. The predicted octanol–water partition coefficient (Wildman–Crippen LogP) is 4.69. The van der Waals surface area contributed by atoms with Crippen LogP contribution in [0.4, 0.5) is 11.4 Å². The van der Waals surface area contributed by atoms with Crippen LogP contribution in [0.15, 0.2) is 47.4 Å². The number of esters is 1. The minimum Gasteiger partial charge on any atom is -0.455 e. The highest BCUT2D eigenvalue weighted by atomic mass is 32.2. The fraction of sp³-hybridized carbons (Fsp3) is 0.333. The third-order valence-corrected chi connectivity index (χ3v) is 5.32. The van der Waals surface area contributed by atoms with E-state index in [0.29, 0.717) is 4.90 Å². The molecule has 0 unspecified atom stereocenters. The number of nitrogens with one attached hydrogen (secondary N) is 1. The summed E-state index contributed by atoms with van der Waals surface area (Å²) in [5.74, 6) is -0.690.